The zero-order valence-corrected chi connectivity index (χ0v) is 21.2. The fourth-order valence-electron chi connectivity index (χ4n) is 4.17. The van der Waals surface area contributed by atoms with Gasteiger partial charge in [0.15, 0.2) is 11.5 Å². The van der Waals surface area contributed by atoms with E-state index in [1.165, 1.54) is 11.0 Å². The number of aliphatic hydroxyl groups is 1. The number of aromatic hydroxyl groups is 1. The molecule has 4 rings (SSSR count). The van der Waals surface area contributed by atoms with Crippen LogP contribution in [0.3, 0.4) is 0 Å². The van der Waals surface area contributed by atoms with Gasteiger partial charge < -0.3 is 14.9 Å². The van der Waals surface area contributed by atoms with E-state index in [-0.39, 0.29) is 22.8 Å². The van der Waals surface area contributed by atoms with E-state index in [1.807, 2.05) is 12.1 Å². The smallest absolute Gasteiger partial charge is 0.300 e. The van der Waals surface area contributed by atoms with Gasteiger partial charge in [-0.2, -0.15) is 0 Å². The second-order valence-corrected chi connectivity index (χ2v) is 9.50. The molecular weight excluding hydrogens is 510 g/mol. The summed E-state index contributed by atoms with van der Waals surface area (Å²) in [5, 5.41) is 21.4. The number of aliphatic hydroxyl groups excluding tert-OH is 1. The molecule has 0 saturated carbocycles. The van der Waals surface area contributed by atoms with Gasteiger partial charge in [-0.3, -0.25) is 14.5 Å². The Morgan fingerprint density at radius 1 is 1.03 bits per heavy atom. The van der Waals surface area contributed by atoms with Gasteiger partial charge in [0.25, 0.3) is 11.7 Å². The first-order chi connectivity index (χ1) is 16.7. The number of phenolic OH excluding ortho intramolecular Hbond substituents is 1. The maximum absolute atomic E-state index is 13.3. The summed E-state index contributed by atoms with van der Waals surface area (Å²) in [6.07, 6.45) is 0. The zero-order valence-electron chi connectivity index (χ0n) is 19.7. The summed E-state index contributed by atoms with van der Waals surface area (Å²) in [6, 6.07) is 18.1. The topological polar surface area (TPSA) is 87.1 Å². The van der Waals surface area contributed by atoms with Crippen molar-refractivity contribution in [3.05, 3.63) is 93.5 Å². The number of phenols is 1. The molecule has 0 spiro atoms. The van der Waals surface area contributed by atoms with Crippen LogP contribution in [0.4, 0.5) is 5.69 Å². The van der Waals surface area contributed by atoms with Gasteiger partial charge >= 0.3 is 0 Å². The monoisotopic (exact) mass is 535 g/mol. The Morgan fingerprint density at radius 2 is 1.69 bits per heavy atom. The minimum atomic E-state index is -0.914. The lowest BCUT2D eigenvalue weighted by molar-refractivity contribution is -0.132. The van der Waals surface area contributed by atoms with Gasteiger partial charge in [0.05, 0.1) is 18.2 Å². The average molecular weight is 536 g/mol. The first kappa shape index (κ1) is 24.5. The quantitative estimate of drug-likeness (QED) is 0.219. The van der Waals surface area contributed by atoms with Crippen molar-refractivity contribution in [3.8, 4) is 11.5 Å². The highest BCUT2D eigenvalue weighted by Crippen LogP contribution is 2.44. The second kappa shape index (κ2) is 9.96. The van der Waals surface area contributed by atoms with E-state index in [9.17, 15) is 19.8 Å². The Labute approximate surface area is 212 Å². The van der Waals surface area contributed by atoms with Gasteiger partial charge in [0.1, 0.15) is 5.76 Å². The van der Waals surface area contributed by atoms with Crippen molar-refractivity contribution in [2.45, 2.75) is 32.7 Å². The van der Waals surface area contributed by atoms with Crippen molar-refractivity contribution in [3.63, 3.8) is 0 Å². The Morgan fingerprint density at radius 3 is 2.29 bits per heavy atom. The van der Waals surface area contributed by atoms with Crippen LogP contribution in [0, 0.1) is 0 Å². The molecule has 180 valence electrons. The zero-order chi connectivity index (χ0) is 25.3. The number of amides is 1. The minimum absolute atomic E-state index is 0.0293. The van der Waals surface area contributed by atoms with Crippen molar-refractivity contribution < 1.29 is 24.5 Å². The van der Waals surface area contributed by atoms with Gasteiger partial charge in [0, 0.05) is 15.7 Å². The number of rotatable bonds is 6. The molecule has 1 aliphatic rings. The summed E-state index contributed by atoms with van der Waals surface area (Å²) in [5.41, 5.74) is 2.54. The van der Waals surface area contributed by atoms with Gasteiger partial charge in [-0.05, 0) is 60.4 Å². The predicted molar refractivity (Wildman–Crippen MR) is 139 cm³/mol. The van der Waals surface area contributed by atoms with Gasteiger partial charge in [0.2, 0.25) is 0 Å². The first-order valence-electron chi connectivity index (χ1n) is 11.4. The number of ether oxygens (including phenoxy) is 1. The predicted octanol–water partition coefficient (Wildman–Crippen LogP) is 6.30. The SMILES string of the molecule is CCOc1cc(C2/C(=C(/O)c3ccc(Br)cc3)C(=O)C(=O)N2c2ccc(C(C)C)cc2)ccc1O. The molecule has 1 atom stereocenters. The van der Waals surface area contributed by atoms with Crippen LogP contribution < -0.4 is 9.64 Å². The van der Waals surface area contributed by atoms with Gasteiger partial charge in [-0.25, -0.2) is 0 Å². The van der Waals surface area contributed by atoms with Crippen molar-refractivity contribution in [1.29, 1.82) is 0 Å². The van der Waals surface area contributed by atoms with E-state index < -0.39 is 17.7 Å². The summed E-state index contributed by atoms with van der Waals surface area (Å²) >= 11 is 3.37. The van der Waals surface area contributed by atoms with Crippen LogP contribution >= 0.6 is 15.9 Å². The van der Waals surface area contributed by atoms with Crippen LogP contribution in [0.2, 0.25) is 0 Å². The summed E-state index contributed by atoms with van der Waals surface area (Å²) < 4.78 is 6.36. The molecule has 6 nitrogen and oxygen atoms in total. The summed E-state index contributed by atoms with van der Waals surface area (Å²) in [5.74, 6) is -1.31. The molecule has 1 saturated heterocycles. The van der Waals surface area contributed by atoms with Crippen molar-refractivity contribution in [2.75, 3.05) is 11.5 Å². The van der Waals surface area contributed by atoms with Crippen LogP contribution in [0.25, 0.3) is 5.76 Å². The maximum Gasteiger partial charge on any atom is 0.300 e. The third-order valence-electron chi connectivity index (χ3n) is 6.00. The van der Waals surface area contributed by atoms with Crippen molar-refractivity contribution in [2.24, 2.45) is 0 Å². The second-order valence-electron chi connectivity index (χ2n) is 8.58. The summed E-state index contributed by atoms with van der Waals surface area (Å²) in [7, 11) is 0. The molecule has 3 aromatic carbocycles. The molecular formula is C28H26BrNO5. The van der Waals surface area contributed by atoms with E-state index in [4.69, 9.17) is 4.74 Å². The normalized spacial score (nSPS) is 17.3. The molecule has 7 heteroatoms. The van der Waals surface area contributed by atoms with Crippen LogP contribution in [-0.4, -0.2) is 28.5 Å². The third kappa shape index (κ3) is 4.68. The van der Waals surface area contributed by atoms with Gasteiger partial charge in [-0.15, -0.1) is 0 Å². The lowest BCUT2D eigenvalue weighted by Gasteiger charge is -2.26. The standard InChI is InChI=1S/C28H26BrNO5/c1-4-35-23-15-19(9-14-22(23)31)25-24(26(32)18-5-10-20(29)11-6-18)27(33)28(34)30(25)21-12-7-17(8-13-21)16(2)3/h5-16,25,31-32H,4H2,1-3H3/b26-24-. The lowest BCUT2D eigenvalue weighted by atomic mass is 9.94. The summed E-state index contributed by atoms with van der Waals surface area (Å²) in [6.45, 7) is 6.27. The Kier molecular flexibility index (Phi) is 6.98. The fourth-order valence-corrected chi connectivity index (χ4v) is 4.43. The van der Waals surface area contributed by atoms with E-state index >= 15 is 0 Å². The third-order valence-corrected chi connectivity index (χ3v) is 6.53. The van der Waals surface area contributed by atoms with Crippen molar-refractivity contribution >= 4 is 39.1 Å². The van der Waals surface area contributed by atoms with Crippen LogP contribution in [0.15, 0.2) is 76.8 Å². The van der Waals surface area contributed by atoms with Crippen LogP contribution in [-0.2, 0) is 9.59 Å². The lowest BCUT2D eigenvalue weighted by Crippen LogP contribution is -2.29. The Hall–Kier alpha value is -3.58. The van der Waals surface area contributed by atoms with Crippen LogP contribution in [0.5, 0.6) is 11.5 Å². The maximum atomic E-state index is 13.3. The highest BCUT2D eigenvalue weighted by atomic mass is 79.9. The molecule has 3 aromatic rings. The van der Waals surface area contributed by atoms with E-state index in [0.29, 0.717) is 29.3 Å². The molecule has 1 heterocycles. The number of anilines is 1. The number of carbonyl (C=O) groups is 2. The number of carbonyl (C=O) groups excluding carboxylic acids is 2. The molecule has 0 aromatic heterocycles. The Bertz CT molecular complexity index is 1300. The number of Topliss-reactive ketones (excluding diaryl/α,β-unsaturated/α-hetero) is 1. The number of nitrogens with zero attached hydrogens (tertiary/aromatic N) is 1. The number of hydrogen-bond acceptors (Lipinski definition) is 5. The number of benzene rings is 3. The molecule has 0 aliphatic carbocycles. The number of ketones is 1. The molecule has 1 aliphatic heterocycles. The fraction of sp³-hybridized carbons (Fsp3) is 0.214. The number of hydrogen-bond donors (Lipinski definition) is 2. The van der Waals surface area contributed by atoms with E-state index in [2.05, 4.69) is 29.8 Å². The molecule has 0 radical (unpaired) electrons. The molecule has 1 unspecified atom stereocenters. The Balaban J connectivity index is 1.93. The first-order valence-corrected chi connectivity index (χ1v) is 12.1. The molecule has 2 N–H and O–H groups in total. The highest BCUT2D eigenvalue weighted by molar-refractivity contribution is 9.10. The van der Waals surface area contributed by atoms with E-state index in [1.54, 1.807) is 55.5 Å². The van der Waals surface area contributed by atoms with E-state index in [0.717, 1.165) is 10.0 Å². The highest BCUT2D eigenvalue weighted by Gasteiger charge is 2.47. The number of halogens is 1. The van der Waals surface area contributed by atoms with Crippen molar-refractivity contribution in [1.82, 2.24) is 0 Å². The largest absolute Gasteiger partial charge is 0.507 e. The summed E-state index contributed by atoms with van der Waals surface area (Å²) in [4.78, 5) is 28.0. The molecule has 0 bridgehead atoms. The molecule has 1 fully saturated rings. The molecule has 1 amide bonds. The van der Waals surface area contributed by atoms with Crippen LogP contribution in [0.1, 0.15) is 49.4 Å². The minimum Gasteiger partial charge on any atom is -0.507 e. The van der Waals surface area contributed by atoms with Gasteiger partial charge in [-0.1, -0.05) is 60.1 Å². The average Bonchev–Trinajstić information content (AvgIpc) is 3.11. The molecule has 35 heavy (non-hydrogen) atoms.